The van der Waals surface area contributed by atoms with E-state index in [0.717, 1.165) is 4.88 Å². The molecule has 0 spiro atoms. The first-order valence-corrected chi connectivity index (χ1v) is 6.42. The molecule has 0 aromatic carbocycles. The number of nitrogens with one attached hydrogen (secondary N) is 1. The SMILES string of the molecule is COC(=O)[C@H](CS)NC(CN)c1cccs1. The molecule has 0 saturated heterocycles. The number of esters is 1. The molecule has 6 heteroatoms. The normalized spacial score (nSPS) is 14.4. The van der Waals surface area contributed by atoms with Gasteiger partial charge in [0.15, 0.2) is 0 Å². The van der Waals surface area contributed by atoms with Crippen LogP contribution >= 0.6 is 24.0 Å². The molecule has 0 aliphatic carbocycles. The topological polar surface area (TPSA) is 64.3 Å². The highest BCUT2D eigenvalue weighted by molar-refractivity contribution is 7.80. The van der Waals surface area contributed by atoms with E-state index >= 15 is 0 Å². The minimum Gasteiger partial charge on any atom is -0.468 e. The fourth-order valence-electron chi connectivity index (χ4n) is 1.34. The highest BCUT2D eigenvalue weighted by atomic mass is 32.1. The van der Waals surface area contributed by atoms with Crippen molar-refractivity contribution < 1.29 is 9.53 Å². The van der Waals surface area contributed by atoms with E-state index in [4.69, 9.17) is 5.73 Å². The Bertz CT molecular complexity index is 317. The lowest BCUT2D eigenvalue weighted by molar-refractivity contribution is -0.142. The summed E-state index contributed by atoms with van der Waals surface area (Å²) < 4.78 is 4.68. The third kappa shape index (κ3) is 3.48. The van der Waals surface area contributed by atoms with Crippen molar-refractivity contribution in [2.75, 3.05) is 19.4 Å². The fourth-order valence-corrected chi connectivity index (χ4v) is 2.39. The van der Waals surface area contributed by atoms with Gasteiger partial charge in [-0.1, -0.05) is 6.07 Å². The standard InChI is InChI=1S/C10H16N2O2S2/c1-14-10(13)8(6-15)12-7(5-11)9-3-2-4-16-9/h2-4,7-8,12,15H,5-6,11H2,1H3/t7?,8-/m0/s1. The first kappa shape index (κ1) is 13.5. The van der Waals surface area contributed by atoms with Gasteiger partial charge < -0.3 is 10.5 Å². The van der Waals surface area contributed by atoms with Gasteiger partial charge in [0.05, 0.1) is 13.2 Å². The number of nitrogens with two attached hydrogens (primary N) is 1. The molecule has 16 heavy (non-hydrogen) atoms. The molecule has 1 unspecified atom stereocenters. The number of thiophene rings is 1. The Kier molecular flexibility index (Phi) is 5.83. The Hall–Kier alpha value is -0.560. The van der Waals surface area contributed by atoms with Crippen LogP contribution in [0.3, 0.4) is 0 Å². The molecule has 0 fully saturated rings. The van der Waals surface area contributed by atoms with Crippen LogP contribution in [0.15, 0.2) is 17.5 Å². The summed E-state index contributed by atoms with van der Waals surface area (Å²) >= 11 is 5.73. The van der Waals surface area contributed by atoms with E-state index in [1.165, 1.54) is 7.11 Å². The Morgan fingerprint density at radius 3 is 2.94 bits per heavy atom. The second-order valence-electron chi connectivity index (χ2n) is 3.23. The van der Waals surface area contributed by atoms with E-state index < -0.39 is 6.04 Å². The van der Waals surface area contributed by atoms with Crippen LogP contribution in [0.25, 0.3) is 0 Å². The van der Waals surface area contributed by atoms with Gasteiger partial charge in [0.25, 0.3) is 0 Å². The van der Waals surface area contributed by atoms with E-state index in [-0.39, 0.29) is 12.0 Å². The molecule has 0 saturated carbocycles. The van der Waals surface area contributed by atoms with Gasteiger partial charge in [-0.3, -0.25) is 10.1 Å². The third-order valence-electron chi connectivity index (χ3n) is 2.19. The molecule has 0 aliphatic rings. The fraction of sp³-hybridized carbons (Fsp3) is 0.500. The number of rotatable bonds is 6. The summed E-state index contributed by atoms with van der Waals surface area (Å²) in [6.45, 7) is 0.432. The summed E-state index contributed by atoms with van der Waals surface area (Å²) in [7, 11) is 1.36. The zero-order valence-electron chi connectivity index (χ0n) is 9.05. The predicted molar refractivity (Wildman–Crippen MR) is 68.9 cm³/mol. The van der Waals surface area contributed by atoms with Crippen LogP contribution in [0.2, 0.25) is 0 Å². The molecule has 0 aliphatic heterocycles. The van der Waals surface area contributed by atoms with Crippen LogP contribution in [0.5, 0.6) is 0 Å². The lowest BCUT2D eigenvalue weighted by atomic mass is 10.2. The van der Waals surface area contributed by atoms with Gasteiger partial charge in [-0.05, 0) is 11.4 Å². The second-order valence-corrected chi connectivity index (χ2v) is 4.57. The highest BCUT2D eigenvalue weighted by Gasteiger charge is 2.22. The molecule has 0 bridgehead atoms. The van der Waals surface area contributed by atoms with Crippen molar-refractivity contribution in [2.45, 2.75) is 12.1 Å². The van der Waals surface area contributed by atoms with Crippen molar-refractivity contribution in [3.63, 3.8) is 0 Å². The molecule has 1 aromatic heterocycles. The molecule has 90 valence electrons. The average Bonchev–Trinajstić information content (AvgIpc) is 2.83. The summed E-state index contributed by atoms with van der Waals surface area (Å²) in [6, 6.07) is 3.49. The smallest absolute Gasteiger partial charge is 0.323 e. The van der Waals surface area contributed by atoms with Gasteiger partial charge in [-0.2, -0.15) is 12.6 Å². The van der Waals surface area contributed by atoms with Crippen molar-refractivity contribution in [3.8, 4) is 0 Å². The van der Waals surface area contributed by atoms with Gasteiger partial charge in [-0.15, -0.1) is 11.3 Å². The third-order valence-corrected chi connectivity index (χ3v) is 3.54. The van der Waals surface area contributed by atoms with Crippen LogP contribution in [0.4, 0.5) is 0 Å². The number of carbonyl (C=O) groups is 1. The molecular formula is C10H16N2O2S2. The van der Waals surface area contributed by atoms with Gasteiger partial charge >= 0.3 is 5.97 Å². The Morgan fingerprint density at radius 1 is 1.75 bits per heavy atom. The maximum Gasteiger partial charge on any atom is 0.323 e. The summed E-state index contributed by atoms with van der Waals surface area (Å²) in [6.07, 6.45) is 0. The summed E-state index contributed by atoms with van der Waals surface area (Å²) in [4.78, 5) is 12.5. The minimum absolute atomic E-state index is 0.0313. The van der Waals surface area contributed by atoms with Crippen LogP contribution < -0.4 is 11.1 Å². The Labute approximate surface area is 105 Å². The number of thiol groups is 1. The maximum absolute atomic E-state index is 11.4. The summed E-state index contributed by atoms with van der Waals surface area (Å²) in [5.41, 5.74) is 5.68. The van der Waals surface area contributed by atoms with Gasteiger partial charge in [-0.25, -0.2) is 0 Å². The monoisotopic (exact) mass is 260 g/mol. The zero-order chi connectivity index (χ0) is 12.0. The van der Waals surface area contributed by atoms with E-state index in [0.29, 0.717) is 12.3 Å². The molecule has 0 radical (unpaired) electrons. The van der Waals surface area contributed by atoms with Crippen molar-refractivity contribution >= 4 is 29.9 Å². The van der Waals surface area contributed by atoms with Gasteiger partial charge in [0, 0.05) is 17.2 Å². The minimum atomic E-state index is -0.427. The molecule has 1 heterocycles. The van der Waals surface area contributed by atoms with Crippen molar-refractivity contribution in [1.29, 1.82) is 0 Å². The number of ether oxygens (including phenoxy) is 1. The van der Waals surface area contributed by atoms with Crippen LogP contribution in [0.1, 0.15) is 10.9 Å². The number of carbonyl (C=O) groups excluding carboxylic acids is 1. The number of hydrogen-bond donors (Lipinski definition) is 3. The molecule has 1 aromatic rings. The van der Waals surface area contributed by atoms with E-state index in [1.54, 1.807) is 11.3 Å². The summed E-state index contributed by atoms with van der Waals surface area (Å²) in [5, 5.41) is 5.12. The molecule has 0 amide bonds. The van der Waals surface area contributed by atoms with Gasteiger partial charge in [0.2, 0.25) is 0 Å². The number of methoxy groups -OCH3 is 1. The van der Waals surface area contributed by atoms with Crippen molar-refractivity contribution in [3.05, 3.63) is 22.4 Å². The highest BCUT2D eigenvalue weighted by Crippen LogP contribution is 2.18. The largest absolute Gasteiger partial charge is 0.468 e. The predicted octanol–water partition coefficient (Wildman–Crippen LogP) is 0.809. The first-order valence-electron chi connectivity index (χ1n) is 4.91. The summed E-state index contributed by atoms with van der Waals surface area (Å²) in [5.74, 6) is 0.0687. The van der Waals surface area contributed by atoms with Crippen LogP contribution in [-0.2, 0) is 9.53 Å². The van der Waals surface area contributed by atoms with E-state index in [1.807, 2.05) is 17.5 Å². The quantitative estimate of drug-likeness (QED) is 0.523. The molecular weight excluding hydrogens is 244 g/mol. The van der Waals surface area contributed by atoms with Crippen LogP contribution in [0, 0.1) is 0 Å². The first-order chi connectivity index (χ1) is 7.72. The van der Waals surface area contributed by atoms with Crippen LogP contribution in [-0.4, -0.2) is 31.4 Å². The van der Waals surface area contributed by atoms with E-state index in [2.05, 4.69) is 22.7 Å². The Balaban J connectivity index is 2.65. The van der Waals surface area contributed by atoms with E-state index in [9.17, 15) is 4.79 Å². The molecule has 4 nitrogen and oxygen atoms in total. The maximum atomic E-state index is 11.4. The van der Waals surface area contributed by atoms with Crippen molar-refractivity contribution in [2.24, 2.45) is 5.73 Å². The van der Waals surface area contributed by atoms with Gasteiger partial charge in [0.1, 0.15) is 6.04 Å². The molecule has 2 atom stereocenters. The Morgan fingerprint density at radius 2 is 2.50 bits per heavy atom. The zero-order valence-corrected chi connectivity index (χ0v) is 10.8. The lowest BCUT2D eigenvalue weighted by Crippen LogP contribution is -2.43. The molecule has 3 N–H and O–H groups in total. The van der Waals surface area contributed by atoms with Crippen molar-refractivity contribution in [1.82, 2.24) is 5.32 Å². The number of hydrogen-bond acceptors (Lipinski definition) is 6. The molecule has 1 rings (SSSR count). The second kappa shape index (κ2) is 6.90. The lowest BCUT2D eigenvalue weighted by Gasteiger charge is -2.21. The average molecular weight is 260 g/mol.